The van der Waals surface area contributed by atoms with E-state index in [4.69, 9.17) is 0 Å². The van der Waals surface area contributed by atoms with Crippen LogP contribution in [0.5, 0.6) is 0 Å². The Morgan fingerprint density at radius 1 is 1.21 bits per heavy atom. The van der Waals surface area contributed by atoms with Crippen LogP contribution in [0.1, 0.15) is 20.3 Å². The number of fused-ring (bicyclic) bond motifs is 1. The average Bonchev–Trinajstić information content (AvgIpc) is 2.82. The van der Waals surface area contributed by atoms with Gasteiger partial charge in [0.15, 0.2) is 0 Å². The second-order valence-corrected chi connectivity index (χ2v) is 5.92. The zero-order chi connectivity index (χ0) is 13.7. The fraction of sp³-hybridized carbons (Fsp3) is 0.500. The lowest BCUT2D eigenvalue weighted by Crippen LogP contribution is -2.33. The van der Waals surface area contributed by atoms with Crippen LogP contribution in [0, 0.1) is 5.41 Å². The fourth-order valence-corrected chi connectivity index (χ4v) is 2.19. The SMILES string of the molecule is CC(C)(CO)CNCCCn1ccc2ccccc21. The van der Waals surface area contributed by atoms with E-state index in [1.807, 2.05) is 0 Å². The Balaban J connectivity index is 1.77. The molecule has 0 spiro atoms. The predicted molar refractivity (Wildman–Crippen MR) is 80.3 cm³/mol. The van der Waals surface area contributed by atoms with Crippen molar-refractivity contribution >= 4 is 10.9 Å². The van der Waals surface area contributed by atoms with Crippen LogP contribution >= 0.6 is 0 Å². The summed E-state index contributed by atoms with van der Waals surface area (Å²) in [4.78, 5) is 0. The van der Waals surface area contributed by atoms with Crippen molar-refractivity contribution in [2.24, 2.45) is 5.41 Å². The van der Waals surface area contributed by atoms with Gasteiger partial charge in [-0.1, -0.05) is 32.0 Å². The molecule has 0 unspecified atom stereocenters. The molecule has 0 aliphatic heterocycles. The number of benzene rings is 1. The van der Waals surface area contributed by atoms with Crippen molar-refractivity contribution in [3.63, 3.8) is 0 Å². The molecule has 0 aliphatic carbocycles. The first-order valence-corrected chi connectivity index (χ1v) is 6.98. The molecule has 0 atom stereocenters. The molecule has 3 nitrogen and oxygen atoms in total. The maximum atomic E-state index is 9.18. The van der Waals surface area contributed by atoms with Crippen LogP contribution in [-0.4, -0.2) is 29.4 Å². The first-order chi connectivity index (χ1) is 9.12. The fourth-order valence-electron chi connectivity index (χ4n) is 2.19. The summed E-state index contributed by atoms with van der Waals surface area (Å²) in [6.45, 7) is 7.23. The monoisotopic (exact) mass is 260 g/mol. The van der Waals surface area contributed by atoms with Gasteiger partial charge >= 0.3 is 0 Å². The van der Waals surface area contributed by atoms with Gasteiger partial charge in [-0.05, 0) is 30.5 Å². The van der Waals surface area contributed by atoms with Gasteiger partial charge in [-0.3, -0.25) is 0 Å². The molecule has 104 valence electrons. The summed E-state index contributed by atoms with van der Waals surface area (Å²) < 4.78 is 2.30. The predicted octanol–water partition coefficient (Wildman–Crippen LogP) is 2.64. The van der Waals surface area contributed by atoms with E-state index in [0.717, 1.165) is 26.1 Å². The molecule has 0 radical (unpaired) electrons. The maximum Gasteiger partial charge on any atom is 0.0494 e. The number of aromatic nitrogens is 1. The molecule has 1 aromatic heterocycles. The van der Waals surface area contributed by atoms with Gasteiger partial charge in [-0.15, -0.1) is 0 Å². The molecular weight excluding hydrogens is 236 g/mol. The van der Waals surface area contributed by atoms with Gasteiger partial charge in [-0.25, -0.2) is 0 Å². The number of aliphatic hydroxyl groups is 1. The molecule has 0 saturated heterocycles. The normalized spacial score (nSPS) is 12.2. The van der Waals surface area contributed by atoms with Crippen molar-refractivity contribution in [2.45, 2.75) is 26.8 Å². The molecule has 2 N–H and O–H groups in total. The molecule has 2 rings (SSSR count). The second kappa shape index (κ2) is 6.22. The molecular formula is C16H24N2O. The van der Waals surface area contributed by atoms with Crippen molar-refractivity contribution in [3.05, 3.63) is 36.5 Å². The van der Waals surface area contributed by atoms with E-state index in [-0.39, 0.29) is 12.0 Å². The van der Waals surface area contributed by atoms with Crippen LogP contribution < -0.4 is 5.32 Å². The third-order valence-corrected chi connectivity index (χ3v) is 3.46. The van der Waals surface area contributed by atoms with Crippen LogP contribution in [0.4, 0.5) is 0 Å². The summed E-state index contributed by atoms with van der Waals surface area (Å²) in [7, 11) is 0. The van der Waals surface area contributed by atoms with E-state index in [0.29, 0.717) is 0 Å². The Kier molecular flexibility index (Phi) is 4.61. The lowest BCUT2D eigenvalue weighted by Gasteiger charge is -2.21. The van der Waals surface area contributed by atoms with Gasteiger partial charge in [0.2, 0.25) is 0 Å². The van der Waals surface area contributed by atoms with Crippen LogP contribution in [0.2, 0.25) is 0 Å². The molecule has 0 amide bonds. The van der Waals surface area contributed by atoms with Gasteiger partial charge in [0, 0.05) is 36.8 Å². The average molecular weight is 260 g/mol. The number of nitrogens with one attached hydrogen (secondary N) is 1. The molecule has 0 saturated carbocycles. The number of aliphatic hydroxyl groups excluding tert-OH is 1. The standard InChI is InChI=1S/C16H24N2O/c1-16(2,13-19)12-17-9-5-10-18-11-8-14-6-3-4-7-15(14)18/h3-4,6-8,11,17,19H,5,9-10,12-13H2,1-2H3. The first kappa shape index (κ1) is 14.1. The quantitative estimate of drug-likeness (QED) is 0.751. The van der Waals surface area contributed by atoms with Gasteiger partial charge in [0.1, 0.15) is 0 Å². The zero-order valence-electron chi connectivity index (χ0n) is 11.9. The smallest absolute Gasteiger partial charge is 0.0494 e. The summed E-state index contributed by atoms with van der Waals surface area (Å²) in [5.41, 5.74) is 1.28. The van der Waals surface area contributed by atoms with Crippen LogP contribution in [0.15, 0.2) is 36.5 Å². The minimum absolute atomic E-state index is 0.0276. The third-order valence-electron chi connectivity index (χ3n) is 3.46. The number of nitrogens with zero attached hydrogens (tertiary/aromatic N) is 1. The van der Waals surface area contributed by atoms with Gasteiger partial charge in [-0.2, -0.15) is 0 Å². The number of hydrogen-bond donors (Lipinski definition) is 2. The lowest BCUT2D eigenvalue weighted by atomic mass is 9.95. The molecule has 3 heteroatoms. The largest absolute Gasteiger partial charge is 0.396 e. The Bertz CT molecular complexity index is 516. The highest BCUT2D eigenvalue weighted by atomic mass is 16.3. The topological polar surface area (TPSA) is 37.2 Å². The molecule has 0 aliphatic rings. The van der Waals surface area contributed by atoms with Crippen LogP contribution in [0.25, 0.3) is 10.9 Å². The van der Waals surface area contributed by atoms with E-state index in [1.54, 1.807) is 0 Å². The minimum Gasteiger partial charge on any atom is -0.396 e. The number of para-hydroxylation sites is 1. The van der Waals surface area contributed by atoms with Crippen LogP contribution in [-0.2, 0) is 6.54 Å². The Labute approximate surface area is 115 Å². The van der Waals surface area contributed by atoms with E-state index in [1.165, 1.54) is 10.9 Å². The highest BCUT2D eigenvalue weighted by molar-refractivity contribution is 5.79. The van der Waals surface area contributed by atoms with Gasteiger partial charge in [0.05, 0.1) is 0 Å². The van der Waals surface area contributed by atoms with Crippen molar-refractivity contribution in [1.82, 2.24) is 9.88 Å². The molecule has 19 heavy (non-hydrogen) atoms. The zero-order valence-corrected chi connectivity index (χ0v) is 11.9. The van der Waals surface area contributed by atoms with Crippen molar-refractivity contribution in [3.8, 4) is 0 Å². The van der Waals surface area contributed by atoms with Gasteiger partial charge < -0.3 is 15.0 Å². The summed E-state index contributed by atoms with van der Waals surface area (Å²) >= 11 is 0. The Morgan fingerprint density at radius 3 is 2.79 bits per heavy atom. The first-order valence-electron chi connectivity index (χ1n) is 6.98. The maximum absolute atomic E-state index is 9.18. The molecule has 1 aromatic carbocycles. The van der Waals surface area contributed by atoms with Gasteiger partial charge in [0.25, 0.3) is 0 Å². The minimum atomic E-state index is -0.0276. The lowest BCUT2D eigenvalue weighted by molar-refractivity contribution is 0.157. The van der Waals surface area contributed by atoms with E-state index in [2.05, 4.69) is 60.3 Å². The summed E-state index contributed by atoms with van der Waals surface area (Å²) in [5.74, 6) is 0. The highest BCUT2D eigenvalue weighted by Gasteiger charge is 2.14. The summed E-state index contributed by atoms with van der Waals surface area (Å²) in [6, 6.07) is 10.6. The Morgan fingerprint density at radius 2 is 2.00 bits per heavy atom. The summed E-state index contributed by atoms with van der Waals surface area (Å²) in [5, 5.41) is 13.9. The number of rotatable bonds is 7. The molecule has 1 heterocycles. The number of aryl methyl sites for hydroxylation is 1. The molecule has 0 bridgehead atoms. The van der Waals surface area contributed by atoms with E-state index >= 15 is 0 Å². The van der Waals surface area contributed by atoms with Crippen molar-refractivity contribution in [2.75, 3.05) is 19.7 Å². The Hall–Kier alpha value is -1.32. The second-order valence-electron chi connectivity index (χ2n) is 5.92. The molecule has 2 aromatic rings. The van der Waals surface area contributed by atoms with Crippen molar-refractivity contribution < 1.29 is 5.11 Å². The van der Waals surface area contributed by atoms with Crippen LogP contribution in [0.3, 0.4) is 0 Å². The summed E-state index contributed by atoms with van der Waals surface area (Å²) in [6.07, 6.45) is 3.25. The third kappa shape index (κ3) is 3.82. The van der Waals surface area contributed by atoms with E-state index < -0.39 is 0 Å². The molecule has 0 fully saturated rings. The van der Waals surface area contributed by atoms with E-state index in [9.17, 15) is 5.11 Å². The van der Waals surface area contributed by atoms with Crippen molar-refractivity contribution in [1.29, 1.82) is 0 Å². The number of hydrogen-bond acceptors (Lipinski definition) is 2. The highest BCUT2D eigenvalue weighted by Crippen LogP contribution is 2.15.